The van der Waals surface area contributed by atoms with Gasteiger partial charge in [-0.05, 0) is 36.5 Å². The van der Waals surface area contributed by atoms with E-state index in [1.165, 1.54) is 0 Å². The fourth-order valence-corrected chi connectivity index (χ4v) is 2.28. The lowest BCUT2D eigenvalue weighted by Crippen LogP contribution is -2.07. The molecular formula is C14H20O4. The van der Waals surface area contributed by atoms with Gasteiger partial charge in [0.2, 0.25) is 0 Å². The second-order valence-corrected chi connectivity index (χ2v) is 4.60. The van der Waals surface area contributed by atoms with E-state index in [-0.39, 0.29) is 0 Å². The molecule has 0 aliphatic carbocycles. The van der Waals surface area contributed by atoms with Gasteiger partial charge in [0.15, 0.2) is 11.5 Å². The van der Waals surface area contributed by atoms with Crippen LogP contribution >= 0.6 is 0 Å². The summed E-state index contributed by atoms with van der Waals surface area (Å²) in [4.78, 5) is 0. The largest absolute Gasteiger partial charge is 0.493 e. The molecule has 1 aliphatic heterocycles. The quantitative estimate of drug-likeness (QED) is 0.872. The van der Waals surface area contributed by atoms with Gasteiger partial charge in [-0.2, -0.15) is 0 Å². The van der Waals surface area contributed by atoms with Crippen LogP contribution in [-0.2, 0) is 4.74 Å². The van der Waals surface area contributed by atoms with Crippen molar-refractivity contribution in [2.45, 2.75) is 18.9 Å². The molecule has 1 N–H and O–H groups in total. The van der Waals surface area contributed by atoms with E-state index in [1.807, 2.05) is 18.2 Å². The Bertz CT molecular complexity index is 385. The lowest BCUT2D eigenvalue weighted by atomic mass is 9.96. The molecular weight excluding hydrogens is 232 g/mol. The van der Waals surface area contributed by atoms with E-state index >= 15 is 0 Å². The van der Waals surface area contributed by atoms with Crippen LogP contribution in [0.4, 0.5) is 0 Å². The van der Waals surface area contributed by atoms with Crippen LogP contribution in [0.1, 0.15) is 24.5 Å². The topological polar surface area (TPSA) is 47.9 Å². The monoisotopic (exact) mass is 252 g/mol. The zero-order valence-corrected chi connectivity index (χ0v) is 10.9. The van der Waals surface area contributed by atoms with Gasteiger partial charge in [-0.3, -0.25) is 0 Å². The van der Waals surface area contributed by atoms with Crippen LogP contribution in [0.3, 0.4) is 0 Å². The number of hydrogen-bond acceptors (Lipinski definition) is 4. The molecule has 0 spiro atoms. The van der Waals surface area contributed by atoms with Gasteiger partial charge in [-0.1, -0.05) is 6.07 Å². The van der Waals surface area contributed by atoms with Crippen molar-refractivity contribution in [3.63, 3.8) is 0 Å². The Morgan fingerprint density at radius 1 is 1.33 bits per heavy atom. The third-order valence-electron chi connectivity index (χ3n) is 3.37. The van der Waals surface area contributed by atoms with E-state index < -0.39 is 6.10 Å². The van der Waals surface area contributed by atoms with Crippen molar-refractivity contribution < 1.29 is 19.3 Å². The third kappa shape index (κ3) is 2.94. The number of aliphatic hydroxyl groups excluding tert-OH is 1. The van der Waals surface area contributed by atoms with Crippen LogP contribution in [0.25, 0.3) is 0 Å². The molecule has 1 saturated heterocycles. The van der Waals surface area contributed by atoms with Gasteiger partial charge in [0.25, 0.3) is 0 Å². The molecule has 1 fully saturated rings. The van der Waals surface area contributed by atoms with Gasteiger partial charge in [-0.15, -0.1) is 0 Å². The van der Waals surface area contributed by atoms with Crippen LogP contribution < -0.4 is 9.47 Å². The summed E-state index contributed by atoms with van der Waals surface area (Å²) >= 11 is 0. The van der Waals surface area contributed by atoms with Crippen LogP contribution in [0.5, 0.6) is 11.5 Å². The molecule has 2 atom stereocenters. The molecule has 0 radical (unpaired) electrons. The van der Waals surface area contributed by atoms with E-state index in [1.54, 1.807) is 14.2 Å². The Morgan fingerprint density at radius 2 is 2.11 bits per heavy atom. The molecule has 18 heavy (non-hydrogen) atoms. The first kappa shape index (κ1) is 13.2. The van der Waals surface area contributed by atoms with Gasteiger partial charge in [0.1, 0.15) is 0 Å². The SMILES string of the molecule is COc1ccc(C(O)CC2CCOC2)cc1OC. The van der Waals surface area contributed by atoms with E-state index in [0.717, 1.165) is 31.6 Å². The van der Waals surface area contributed by atoms with Crippen molar-refractivity contribution >= 4 is 0 Å². The maximum absolute atomic E-state index is 10.2. The highest BCUT2D eigenvalue weighted by molar-refractivity contribution is 5.43. The Kier molecular flexibility index (Phi) is 4.44. The summed E-state index contributed by atoms with van der Waals surface area (Å²) in [7, 11) is 3.20. The summed E-state index contributed by atoms with van der Waals surface area (Å²) < 4.78 is 15.7. The number of ether oxygens (including phenoxy) is 3. The fourth-order valence-electron chi connectivity index (χ4n) is 2.28. The molecule has 4 nitrogen and oxygen atoms in total. The van der Waals surface area contributed by atoms with Crippen molar-refractivity contribution in [1.29, 1.82) is 0 Å². The standard InChI is InChI=1S/C14H20O4/c1-16-13-4-3-11(8-14(13)17-2)12(15)7-10-5-6-18-9-10/h3-4,8,10,12,15H,5-7,9H2,1-2H3. The van der Waals surface area contributed by atoms with Crippen LogP contribution in [0.15, 0.2) is 18.2 Å². The first-order valence-corrected chi connectivity index (χ1v) is 6.22. The average Bonchev–Trinajstić information content (AvgIpc) is 2.90. The van der Waals surface area contributed by atoms with Crippen molar-refractivity contribution in [1.82, 2.24) is 0 Å². The minimum Gasteiger partial charge on any atom is -0.493 e. The minimum atomic E-state index is -0.475. The predicted octanol–water partition coefficient (Wildman–Crippen LogP) is 2.16. The third-order valence-corrected chi connectivity index (χ3v) is 3.37. The molecule has 2 unspecified atom stereocenters. The molecule has 1 aromatic carbocycles. The van der Waals surface area contributed by atoms with E-state index in [2.05, 4.69) is 0 Å². The highest BCUT2D eigenvalue weighted by Gasteiger charge is 2.21. The maximum Gasteiger partial charge on any atom is 0.161 e. The normalized spacial score (nSPS) is 20.7. The Morgan fingerprint density at radius 3 is 2.72 bits per heavy atom. The molecule has 1 aliphatic rings. The maximum atomic E-state index is 10.2. The number of benzene rings is 1. The molecule has 1 aromatic rings. The van der Waals surface area contributed by atoms with Gasteiger partial charge >= 0.3 is 0 Å². The van der Waals surface area contributed by atoms with Gasteiger partial charge < -0.3 is 19.3 Å². The second kappa shape index (κ2) is 6.07. The van der Waals surface area contributed by atoms with Gasteiger partial charge in [-0.25, -0.2) is 0 Å². The summed E-state index contributed by atoms with van der Waals surface area (Å²) in [5.41, 5.74) is 0.861. The second-order valence-electron chi connectivity index (χ2n) is 4.60. The van der Waals surface area contributed by atoms with Crippen molar-refractivity contribution in [2.75, 3.05) is 27.4 Å². The highest BCUT2D eigenvalue weighted by atomic mass is 16.5. The summed E-state index contributed by atoms with van der Waals surface area (Å²) in [6, 6.07) is 5.53. The molecule has 0 amide bonds. The van der Waals surface area contributed by atoms with Crippen LogP contribution in [0.2, 0.25) is 0 Å². The molecule has 0 saturated carbocycles. The Labute approximate surface area is 107 Å². The molecule has 4 heteroatoms. The van der Waals surface area contributed by atoms with Crippen molar-refractivity contribution in [3.05, 3.63) is 23.8 Å². The first-order valence-electron chi connectivity index (χ1n) is 6.22. The minimum absolute atomic E-state index is 0.452. The lowest BCUT2D eigenvalue weighted by molar-refractivity contribution is 0.129. The number of rotatable bonds is 5. The zero-order valence-electron chi connectivity index (χ0n) is 10.9. The van der Waals surface area contributed by atoms with Crippen molar-refractivity contribution in [3.8, 4) is 11.5 Å². The fraction of sp³-hybridized carbons (Fsp3) is 0.571. The van der Waals surface area contributed by atoms with E-state index in [0.29, 0.717) is 17.4 Å². The smallest absolute Gasteiger partial charge is 0.161 e. The molecule has 100 valence electrons. The number of methoxy groups -OCH3 is 2. The Hall–Kier alpha value is -1.26. The molecule has 2 rings (SSSR count). The summed E-state index contributed by atoms with van der Waals surface area (Å²) in [6.45, 7) is 1.56. The molecule has 0 aromatic heterocycles. The van der Waals surface area contributed by atoms with Crippen LogP contribution in [-0.4, -0.2) is 32.5 Å². The summed E-state index contributed by atoms with van der Waals surface area (Å²) in [5, 5.41) is 10.2. The van der Waals surface area contributed by atoms with Gasteiger partial charge in [0, 0.05) is 13.2 Å². The molecule has 0 bridgehead atoms. The molecule has 1 heterocycles. The predicted molar refractivity (Wildman–Crippen MR) is 68.0 cm³/mol. The summed E-state index contributed by atoms with van der Waals surface area (Å²) in [5.74, 6) is 1.78. The van der Waals surface area contributed by atoms with Crippen LogP contribution in [0, 0.1) is 5.92 Å². The number of aliphatic hydroxyl groups is 1. The summed E-state index contributed by atoms with van der Waals surface area (Å²) in [6.07, 6.45) is 1.29. The highest BCUT2D eigenvalue weighted by Crippen LogP contribution is 2.33. The van der Waals surface area contributed by atoms with Gasteiger partial charge in [0.05, 0.1) is 20.3 Å². The Balaban J connectivity index is 2.06. The van der Waals surface area contributed by atoms with E-state index in [4.69, 9.17) is 14.2 Å². The average molecular weight is 252 g/mol. The van der Waals surface area contributed by atoms with E-state index in [9.17, 15) is 5.11 Å². The van der Waals surface area contributed by atoms with Crippen molar-refractivity contribution in [2.24, 2.45) is 5.92 Å². The lowest BCUT2D eigenvalue weighted by Gasteiger charge is -2.16. The number of hydrogen-bond donors (Lipinski definition) is 1. The first-order chi connectivity index (χ1) is 8.74. The zero-order chi connectivity index (χ0) is 13.0.